The fraction of sp³-hybridized carbons (Fsp3) is 0.688. The molecule has 0 radical (unpaired) electrons. The molecule has 0 aliphatic rings. The van der Waals surface area contributed by atoms with Gasteiger partial charge in [0.1, 0.15) is 0 Å². The Hall–Kier alpha value is -0.930. The summed E-state index contributed by atoms with van der Waals surface area (Å²) in [5, 5.41) is 3.70. The molecule has 0 aliphatic carbocycles. The van der Waals surface area contributed by atoms with Crippen LogP contribution in [0, 0.1) is 6.92 Å². The van der Waals surface area contributed by atoms with E-state index in [1.54, 1.807) is 0 Å². The summed E-state index contributed by atoms with van der Waals surface area (Å²) in [6, 6.07) is 2.55. The smallest absolute Gasteiger partial charge is 0.0519 e. The third kappa shape index (κ3) is 3.77. The Morgan fingerprint density at radius 3 is 2.47 bits per heavy atom. The van der Waals surface area contributed by atoms with Crippen LogP contribution in [0.25, 0.3) is 0 Å². The highest BCUT2D eigenvalue weighted by Gasteiger charge is 2.35. The molecule has 0 saturated heterocycles. The Bertz CT molecular complexity index is 389. The van der Waals surface area contributed by atoms with Gasteiger partial charge in [-0.05, 0) is 58.5 Å². The lowest BCUT2D eigenvalue weighted by Gasteiger charge is -2.43. The van der Waals surface area contributed by atoms with Crippen molar-refractivity contribution in [1.82, 2.24) is 15.2 Å². The van der Waals surface area contributed by atoms with Crippen molar-refractivity contribution >= 4 is 0 Å². The second kappa shape index (κ2) is 7.01. The Morgan fingerprint density at radius 1 is 1.32 bits per heavy atom. The summed E-state index contributed by atoms with van der Waals surface area (Å²) >= 11 is 0. The highest BCUT2D eigenvalue weighted by Crippen LogP contribution is 2.32. The van der Waals surface area contributed by atoms with Crippen LogP contribution in [0.3, 0.4) is 0 Å². The average Bonchev–Trinajstić information content (AvgIpc) is 2.38. The predicted molar refractivity (Wildman–Crippen MR) is 82.4 cm³/mol. The zero-order valence-electron chi connectivity index (χ0n) is 13.3. The highest BCUT2D eigenvalue weighted by molar-refractivity contribution is 5.23. The number of hydrogen-bond donors (Lipinski definition) is 1. The fourth-order valence-corrected chi connectivity index (χ4v) is 2.50. The van der Waals surface area contributed by atoms with Crippen molar-refractivity contribution in [2.75, 3.05) is 20.6 Å². The molecule has 0 fully saturated rings. The maximum Gasteiger partial charge on any atom is 0.0519 e. The van der Waals surface area contributed by atoms with E-state index in [2.05, 4.69) is 63.1 Å². The molecule has 2 unspecified atom stereocenters. The monoisotopic (exact) mass is 263 g/mol. The first-order chi connectivity index (χ1) is 8.95. The van der Waals surface area contributed by atoms with Crippen molar-refractivity contribution in [3.05, 3.63) is 29.6 Å². The summed E-state index contributed by atoms with van der Waals surface area (Å²) in [5.74, 6) is 0. The fourth-order valence-electron chi connectivity index (χ4n) is 2.50. The minimum atomic E-state index is 0.0879. The van der Waals surface area contributed by atoms with Crippen LogP contribution in [-0.2, 0) is 0 Å². The number of aryl methyl sites for hydroxylation is 1. The quantitative estimate of drug-likeness (QED) is 0.819. The highest BCUT2D eigenvalue weighted by atomic mass is 15.2. The van der Waals surface area contributed by atoms with Crippen molar-refractivity contribution < 1.29 is 0 Å². The third-order valence-electron chi connectivity index (χ3n) is 4.19. The Labute approximate surface area is 118 Å². The average molecular weight is 263 g/mol. The zero-order valence-corrected chi connectivity index (χ0v) is 13.3. The SMILES string of the molecule is CCCNC(c1cncc(C)c1)C(C)(CC)N(C)C. The van der Waals surface area contributed by atoms with E-state index in [4.69, 9.17) is 0 Å². The van der Waals surface area contributed by atoms with Crippen LogP contribution in [0.4, 0.5) is 0 Å². The maximum absolute atomic E-state index is 4.36. The van der Waals surface area contributed by atoms with Crippen molar-refractivity contribution in [3.63, 3.8) is 0 Å². The van der Waals surface area contributed by atoms with E-state index in [1.165, 1.54) is 11.1 Å². The largest absolute Gasteiger partial charge is 0.308 e. The van der Waals surface area contributed by atoms with Crippen molar-refractivity contribution in [3.8, 4) is 0 Å². The van der Waals surface area contributed by atoms with E-state index in [0.717, 1.165) is 19.4 Å². The van der Waals surface area contributed by atoms with E-state index >= 15 is 0 Å². The van der Waals surface area contributed by atoms with Gasteiger partial charge in [0, 0.05) is 17.9 Å². The molecule has 1 aromatic rings. The summed E-state index contributed by atoms with van der Waals surface area (Å²) in [4.78, 5) is 6.68. The molecule has 1 aromatic heterocycles. The lowest BCUT2D eigenvalue weighted by Crippen LogP contribution is -2.51. The number of hydrogen-bond acceptors (Lipinski definition) is 3. The summed E-state index contributed by atoms with van der Waals surface area (Å²) in [6.45, 7) is 9.92. The molecule has 0 spiro atoms. The van der Waals surface area contributed by atoms with Crippen LogP contribution in [0.5, 0.6) is 0 Å². The summed E-state index contributed by atoms with van der Waals surface area (Å²) in [5.41, 5.74) is 2.59. The standard InChI is InChI=1S/C16H29N3/c1-7-9-18-15(16(4,8-2)19(5)6)14-10-13(3)11-17-12-14/h10-12,15,18H,7-9H2,1-6H3. The molecule has 0 aromatic carbocycles. The van der Waals surface area contributed by atoms with E-state index in [-0.39, 0.29) is 5.54 Å². The zero-order chi connectivity index (χ0) is 14.5. The summed E-state index contributed by atoms with van der Waals surface area (Å²) in [6.07, 6.45) is 6.15. The molecule has 2 atom stereocenters. The first-order valence-corrected chi connectivity index (χ1v) is 7.28. The van der Waals surface area contributed by atoms with Crippen LogP contribution in [0.2, 0.25) is 0 Å². The molecule has 0 bridgehead atoms. The maximum atomic E-state index is 4.36. The van der Waals surface area contributed by atoms with Crippen LogP contribution >= 0.6 is 0 Å². The minimum absolute atomic E-state index is 0.0879. The Balaban J connectivity index is 3.13. The van der Waals surface area contributed by atoms with Gasteiger partial charge in [-0.1, -0.05) is 19.9 Å². The van der Waals surface area contributed by atoms with Gasteiger partial charge in [-0.2, -0.15) is 0 Å². The van der Waals surface area contributed by atoms with Gasteiger partial charge >= 0.3 is 0 Å². The molecule has 108 valence electrons. The van der Waals surface area contributed by atoms with Gasteiger partial charge in [-0.3, -0.25) is 4.98 Å². The number of nitrogens with one attached hydrogen (secondary N) is 1. The van der Waals surface area contributed by atoms with Gasteiger partial charge in [0.2, 0.25) is 0 Å². The molecule has 0 aliphatic heterocycles. The van der Waals surface area contributed by atoms with Gasteiger partial charge in [-0.25, -0.2) is 0 Å². The summed E-state index contributed by atoms with van der Waals surface area (Å²) in [7, 11) is 4.32. The van der Waals surface area contributed by atoms with Gasteiger partial charge in [0.15, 0.2) is 0 Å². The van der Waals surface area contributed by atoms with Crippen LogP contribution in [-0.4, -0.2) is 36.1 Å². The van der Waals surface area contributed by atoms with E-state index in [1.807, 2.05) is 12.4 Å². The molecule has 0 amide bonds. The molecular weight excluding hydrogens is 234 g/mol. The van der Waals surface area contributed by atoms with Gasteiger partial charge in [0.05, 0.1) is 6.04 Å². The predicted octanol–water partition coefficient (Wildman–Crippen LogP) is 3.16. The lowest BCUT2D eigenvalue weighted by molar-refractivity contribution is 0.112. The van der Waals surface area contributed by atoms with Crippen LogP contribution in [0.1, 0.15) is 50.8 Å². The van der Waals surface area contributed by atoms with Gasteiger partial charge in [-0.15, -0.1) is 0 Å². The Morgan fingerprint density at radius 2 is 2.00 bits per heavy atom. The minimum Gasteiger partial charge on any atom is -0.308 e. The topological polar surface area (TPSA) is 28.2 Å². The van der Waals surface area contributed by atoms with Gasteiger partial charge in [0.25, 0.3) is 0 Å². The molecular formula is C16H29N3. The first-order valence-electron chi connectivity index (χ1n) is 7.28. The Kier molecular flexibility index (Phi) is 5.95. The number of aromatic nitrogens is 1. The van der Waals surface area contributed by atoms with Crippen molar-refractivity contribution in [2.24, 2.45) is 0 Å². The van der Waals surface area contributed by atoms with Crippen LogP contribution < -0.4 is 5.32 Å². The first kappa shape index (κ1) is 16.1. The van der Waals surface area contributed by atoms with E-state index in [9.17, 15) is 0 Å². The number of pyridine rings is 1. The lowest BCUT2D eigenvalue weighted by atomic mass is 9.83. The summed E-state index contributed by atoms with van der Waals surface area (Å²) < 4.78 is 0. The molecule has 1 N–H and O–H groups in total. The van der Waals surface area contributed by atoms with Crippen molar-refractivity contribution in [1.29, 1.82) is 0 Å². The molecule has 1 rings (SSSR count). The van der Waals surface area contributed by atoms with E-state index < -0.39 is 0 Å². The number of nitrogens with zero attached hydrogens (tertiary/aromatic N) is 2. The van der Waals surface area contributed by atoms with Gasteiger partial charge < -0.3 is 10.2 Å². The second-order valence-electron chi connectivity index (χ2n) is 5.79. The second-order valence-corrected chi connectivity index (χ2v) is 5.79. The van der Waals surface area contributed by atoms with E-state index in [0.29, 0.717) is 6.04 Å². The number of rotatable bonds is 7. The molecule has 1 heterocycles. The number of likely N-dealkylation sites (N-methyl/N-ethyl adjacent to an activating group) is 1. The molecule has 3 nitrogen and oxygen atoms in total. The normalized spacial score (nSPS) is 16.4. The van der Waals surface area contributed by atoms with Crippen molar-refractivity contribution in [2.45, 2.75) is 52.1 Å². The van der Waals surface area contributed by atoms with Crippen LogP contribution in [0.15, 0.2) is 18.5 Å². The molecule has 3 heteroatoms. The molecule has 0 saturated carbocycles. The third-order valence-corrected chi connectivity index (χ3v) is 4.19. The molecule has 19 heavy (non-hydrogen) atoms.